The van der Waals surface area contributed by atoms with Crippen LogP contribution in [0, 0.1) is 6.92 Å². The molecule has 92 valence electrons. The van der Waals surface area contributed by atoms with Crippen molar-refractivity contribution in [1.82, 2.24) is 9.97 Å². The number of rotatable bonds is 3. The molecule has 0 aliphatic rings. The average Bonchev–Trinajstić information content (AvgIpc) is 2.30. The van der Waals surface area contributed by atoms with Gasteiger partial charge in [-0.3, -0.25) is 9.78 Å². The highest BCUT2D eigenvalue weighted by Crippen LogP contribution is 2.13. The molecule has 0 aliphatic carbocycles. The lowest BCUT2D eigenvalue weighted by Crippen LogP contribution is -2.10. The third kappa shape index (κ3) is 3.27. The highest BCUT2D eigenvalue weighted by Gasteiger charge is 1.96. The molecule has 0 bridgehead atoms. The first-order valence-corrected chi connectivity index (χ1v) is 6.06. The van der Waals surface area contributed by atoms with Crippen molar-refractivity contribution in [2.24, 2.45) is 5.10 Å². The zero-order valence-corrected chi connectivity index (χ0v) is 11.2. The average molecular weight is 307 g/mol. The lowest BCUT2D eigenvalue weighted by molar-refractivity contribution is 1.04. The van der Waals surface area contributed by atoms with Crippen molar-refractivity contribution in [1.29, 1.82) is 0 Å². The Bertz CT molecular complexity index is 636. The number of hydrogen-bond donors (Lipinski definition) is 2. The van der Waals surface area contributed by atoms with E-state index in [1.165, 1.54) is 6.07 Å². The number of nitrogens with zero attached hydrogens (tertiary/aromatic N) is 2. The van der Waals surface area contributed by atoms with Crippen molar-refractivity contribution in [3.8, 4) is 0 Å². The first kappa shape index (κ1) is 12.5. The second kappa shape index (κ2) is 5.59. The van der Waals surface area contributed by atoms with Gasteiger partial charge in [-0.05, 0) is 13.0 Å². The second-order valence-electron chi connectivity index (χ2n) is 3.63. The quantitative estimate of drug-likeness (QED) is 0.675. The fraction of sp³-hybridized carbons (Fsp3) is 0.0833. The van der Waals surface area contributed by atoms with Crippen molar-refractivity contribution >= 4 is 28.1 Å². The maximum absolute atomic E-state index is 11.2. The Morgan fingerprint density at radius 2 is 2.22 bits per heavy atom. The summed E-state index contributed by atoms with van der Waals surface area (Å²) in [4.78, 5) is 17.8. The number of anilines is 1. The van der Waals surface area contributed by atoms with Gasteiger partial charge in [-0.25, -0.2) is 10.4 Å². The highest BCUT2D eigenvalue weighted by molar-refractivity contribution is 9.10. The van der Waals surface area contributed by atoms with E-state index >= 15 is 0 Å². The fourth-order valence-electron chi connectivity index (χ4n) is 1.37. The van der Waals surface area contributed by atoms with Gasteiger partial charge in [0.1, 0.15) is 0 Å². The Kier molecular flexibility index (Phi) is 3.88. The standard InChI is InChI=1S/C12H11BrN4O/c1-8-6-11(18)16-12(15-8)17-14-7-9-4-2-3-5-10(9)13/h2-7H,1H3,(H2,15,16,17,18)/b14-7-. The first-order valence-electron chi connectivity index (χ1n) is 5.27. The lowest BCUT2D eigenvalue weighted by Gasteiger charge is -2.00. The van der Waals surface area contributed by atoms with Gasteiger partial charge < -0.3 is 0 Å². The van der Waals surface area contributed by atoms with E-state index in [2.05, 4.69) is 36.4 Å². The number of aromatic amines is 1. The number of aryl methyl sites for hydroxylation is 1. The number of aromatic nitrogens is 2. The minimum Gasteiger partial charge on any atom is -0.291 e. The van der Waals surface area contributed by atoms with Crippen LogP contribution < -0.4 is 11.0 Å². The van der Waals surface area contributed by atoms with Gasteiger partial charge in [0.25, 0.3) is 5.56 Å². The Morgan fingerprint density at radius 1 is 1.44 bits per heavy atom. The molecule has 5 nitrogen and oxygen atoms in total. The summed E-state index contributed by atoms with van der Waals surface area (Å²) >= 11 is 3.41. The molecule has 1 heterocycles. The fourth-order valence-corrected chi connectivity index (χ4v) is 1.76. The van der Waals surface area contributed by atoms with Gasteiger partial charge in [0.15, 0.2) is 0 Å². The van der Waals surface area contributed by atoms with Gasteiger partial charge in [-0.1, -0.05) is 34.1 Å². The monoisotopic (exact) mass is 306 g/mol. The minimum absolute atomic E-state index is 0.207. The molecule has 2 rings (SSSR count). The van der Waals surface area contributed by atoms with Crippen molar-refractivity contribution in [3.05, 3.63) is 56.4 Å². The summed E-state index contributed by atoms with van der Waals surface area (Å²) in [7, 11) is 0. The lowest BCUT2D eigenvalue weighted by atomic mass is 10.2. The van der Waals surface area contributed by atoms with Crippen LogP contribution in [0.25, 0.3) is 0 Å². The van der Waals surface area contributed by atoms with Crippen molar-refractivity contribution < 1.29 is 0 Å². The van der Waals surface area contributed by atoms with Crippen LogP contribution >= 0.6 is 15.9 Å². The Hall–Kier alpha value is -1.95. The predicted octanol–water partition coefficient (Wildman–Crippen LogP) is 2.29. The molecule has 0 saturated carbocycles. The smallest absolute Gasteiger partial charge is 0.252 e. The van der Waals surface area contributed by atoms with E-state index in [4.69, 9.17) is 0 Å². The summed E-state index contributed by atoms with van der Waals surface area (Å²) < 4.78 is 0.946. The summed E-state index contributed by atoms with van der Waals surface area (Å²) in [6.07, 6.45) is 1.65. The molecule has 6 heteroatoms. The zero-order valence-electron chi connectivity index (χ0n) is 9.64. The molecule has 0 spiro atoms. The van der Waals surface area contributed by atoms with Crippen molar-refractivity contribution in [3.63, 3.8) is 0 Å². The molecule has 0 radical (unpaired) electrons. The molecule has 0 amide bonds. The van der Waals surface area contributed by atoms with Gasteiger partial charge in [-0.15, -0.1) is 0 Å². The number of nitrogens with one attached hydrogen (secondary N) is 2. The molecule has 0 saturated heterocycles. The molecule has 0 unspecified atom stereocenters. The minimum atomic E-state index is -0.207. The van der Waals surface area contributed by atoms with Gasteiger partial charge in [0.05, 0.1) is 6.21 Å². The molecule has 0 atom stereocenters. The number of H-pyrrole nitrogens is 1. The van der Waals surface area contributed by atoms with E-state index in [0.29, 0.717) is 11.6 Å². The number of benzene rings is 1. The largest absolute Gasteiger partial charge is 0.291 e. The molecular formula is C12H11BrN4O. The highest BCUT2D eigenvalue weighted by atomic mass is 79.9. The molecule has 18 heavy (non-hydrogen) atoms. The van der Waals surface area contributed by atoms with Gasteiger partial charge in [-0.2, -0.15) is 5.10 Å². The first-order chi connectivity index (χ1) is 8.65. The third-order valence-corrected chi connectivity index (χ3v) is 2.87. The van der Waals surface area contributed by atoms with Gasteiger partial charge in [0, 0.05) is 21.8 Å². The maximum atomic E-state index is 11.2. The predicted molar refractivity (Wildman–Crippen MR) is 75.0 cm³/mol. The summed E-state index contributed by atoms with van der Waals surface area (Å²) in [6.45, 7) is 1.75. The number of hydrogen-bond acceptors (Lipinski definition) is 4. The molecule has 2 aromatic rings. The Morgan fingerprint density at radius 3 is 2.94 bits per heavy atom. The van der Waals surface area contributed by atoms with E-state index in [1.807, 2.05) is 24.3 Å². The Balaban J connectivity index is 2.12. The number of halogens is 1. The molecule has 2 N–H and O–H groups in total. The summed E-state index contributed by atoms with van der Waals surface area (Å²) in [5, 5.41) is 4.02. The van der Waals surface area contributed by atoms with Crippen molar-refractivity contribution in [2.75, 3.05) is 5.43 Å². The Labute approximate surface area is 112 Å². The van der Waals surface area contributed by atoms with E-state index in [-0.39, 0.29) is 5.56 Å². The van der Waals surface area contributed by atoms with Crippen LogP contribution in [0.2, 0.25) is 0 Å². The molecular weight excluding hydrogens is 296 g/mol. The van der Waals surface area contributed by atoms with Crippen molar-refractivity contribution in [2.45, 2.75) is 6.92 Å². The van der Waals surface area contributed by atoms with Gasteiger partial charge >= 0.3 is 0 Å². The van der Waals surface area contributed by atoms with Crippen LogP contribution in [0.4, 0.5) is 5.95 Å². The van der Waals surface area contributed by atoms with Crippen LogP contribution in [-0.2, 0) is 0 Å². The van der Waals surface area contributed by atoms with Crippen LogP contribution in [-0.4, -0.2) is 16.2 Å². The summed E-state index contributed by atoms with van der Waals surface area (Å²) in [6, 6.07) is 9.10. The van der Waals surface area contributed by atoms with Gasteiger partial charge in [0.2, 0.25) is 5.95 Å². The van der Waals surface area contributed by atoms with E-state index in [9.17, 15) is 4.79 Å². The second-order valence-corrected chi connectivity index (χ2v) is 4.48. The summed E-state index contributed by atoms with van der Waals surface area (Å²) in [5.74, 6) is 0.323. The van der Waals surface area contributed by atoms with E-state index < -0.39 is 0 Å². The molecule has 1 aromatic heterocycles. The molecule has 1 aromatic carbocycles. The van der Waals surface area contributed by atoms with Crippen LogP contribution in [0.15, 0.2) is 44.7 Å². The summed E-state index contributed by atoms with van der Waals surface area (Å²) in [5.41, 5.74) is 4.04. The number of hydrazone groups is 1. The van der Waals surface area contributed by atoms with E-state index in [1.54, 1.807) is 13.1 Å². The third-order valence-electron chi connectivity index (χ3n) is 2.15. The van der Waals surface area contributed by atoms with Crippen LogP contribution in [0.1, 0.15) is 11.3 Å². The van der Waals surface area contributed by atoms with Crippen LogP contribution in [0.3, 0.4) is 0 Å². The van der Waals surface area contributed by atoms with Crippen LogP contribution in [0.5, 0.6) is 0 Å². The van der Waals surface area contributed by atoms with E-state index in [0.717, 1.165) is 10.0 Å². The normalized spacial score (nSPS) is 10.8. The topological polar surface area (TPSA) is 70.1 Å². The maximum Gasteiger partial charge on any atom is 0.252 e. The SMILES string of the molecule is Cc1cc(=O)[nH]c(N/N=C\c2ccccc2Br)n1. The molecule has 0 fully saturated rings. The molecule has 0 aliphatic heterocycles. The zero-order chi connectivity index (χ0) is 13.0.